The van der Waals surface area contributed by atoms with E-state index in [1.54, 1.807) is 22.7 Å². The molecule has 2 aromatic heterocycles. The van der Waals surface area contributed by atoms with Gasteiger partial charge >= 0.3 is 0 Å². The van der Waals surface area contributed by atoms with Crippen LogP contribution in [0.1, 0.15) is 33.1 Å². The molecule has 1 aromatic carbocycles. The predicted octanol–water partition coefficient (Wildman–Crippen LogP) is 5.20. The van der Waals surface area contributed by atoms with Crippen LogP contribution in [0.5, 0.6) is 5.75 Å². The van der Waals surface area contributed by atoms with E-state index in [1.807, 2.05) is 47.7 Å². The lowest BCUT2D eigenvalue weighted by Gasteiger charge is -2.23. The standard InChI is InChI=1S/C19H17NO2S2/c1-12(16-8-5-9-23-16)20(2)19(21)17-10-13-11-22-15-7-4-3-6-14(15)18(13)24-17/h3-10,12H,11H2,1-2H3. The SMILES string of the molecule is CC(c1cccs1)N(C)C(=O)c1cc2c(s1)-c1ccccc1OC2. The van der Waals surface area contributed by atoms with Gasteiger partial charge in [0.1, 0.15) is 12.4 Å². The Hall–Kier alpha value is -2.11. The first kappa shape index (κ1) is 15.4. The second-order valence-corrected chi connectivity index (χ2v) is 7.89. The van der Waals surface area contributed by atoms with Crippen LogP contribution in [0.25, 0.3) is 10.4 Å². The van der Waals surface area contributed by atoms with Crippen LogP contribution in [0, 0.1) is 0 Å². The van der Waals surface area contributed by atoms with Crippen LogP contribution in [-0.4, -0.2) is 17.9 Å². The summed E-state index contributed by atoms with van der Waals surface area (Å²) in [5, 5.41) is 2.04. The van der Waals surface area contributed by atoms with Crippen molar-refractivity contribution in [2.45, 2.75) is 19.6 Å². The molecule has 0 fully saturated rings. The van der Waals surface area contributed by atoms with Gasteiger partial charge in [0.05, 0.1) is 10.9 Å². The highest BCUT2D eigenvalue weighted by Gasteiger charge is 2.26. The first-order chi connectivity index (χ1) is 11.6. The molecule has 0 spiro atoms. The van der Waals surface area contributed by atoms with Crippen LogP contribution in [0.15, 0.2) is 47.8 Å². The number of carbonyl (C=O) groups is 1. The first-order valence-corrected chi connectivity index (χ1v) is 9.50. The molecule has 3 heterocycles. The largest absolute Gasteiger partial charge is 0.488 e. The molecule has 24 heavy (non-hydrogen) atoms. The lowest BCUT2D eigenvalue weighted by molar-refractivity contribution is 0.0749. The van der Waals surface area contributed by atoms with Gasteiger partial charge in [-0.2, -0.15) is 0 Å². The zero-order valence-electron chi connectivity index (χ0n) is 13.5. The third kappa shape index (κ3) is 2.54. The summed E-state index contributed by atoms with van der Waals surface area (Å²) in [5.41, 5.74) is 2.18. The van der Waals surface area contributed by atoms with Gasteiger partial charge in [0.25, 0.3) is 5.91 Å². The van der Waals surface area contributed by atoms with Gasteiger partial charge in [-0.05, 0) is 36.6 Å². The molecular weight excluding hydrogens is 338 g/mol. The molecule has 1 aliphatic heterocycles. The van der Waals surface area contributed by atoms with Crippen molar-refractivity contribution in [3.8, 4) is 16.2 Å². The minimum absolute atomic E-state index is 0.0628. The summed E-state index contributed by atoms with van der Waals surface area (Å²) in [5.74, 6) is 0.957. The maximum absolute atomic E-state index is 12.9. The number of fused-ring (bicyclic) bond motifs is 3. The average molecular weight is 355 g/mol. The Morgan fingerprint density at radius 2 is 2.08 bits per heavy atom. The normalized spacial score (nSPS) is 13.6. The van der Waals surface area contributed by atoms with Crippen LogP contribution in [0.2, 0.25) is 0 Å². The van der Waals surface area contributed by atoms with Crippen molar-refractivity contribution in [1.82, 2.24) is 4.90 Å². The van der Waals surface area contributed by atoms with E-state index < -0.39 is 0 Å². The van der Waals surface area contributed by atoms with E-state index in [0.29, 0.717) is 6.61 Å². The van der Waals surface area contributed by atoms with Gasteiger partial charge in [-0.25, -0.2) is 0 Å². The minimum atomic E-state index is 0.0628. The number of amides is 1. The molecular formula is C19H17NO2S2. The number of benzene rings is 1. The number of nitrogens with zero attached hydrogens (tertiary/aromatic N) is 1. The van der Waals surface area contributed by atoms with E-state index >= 15 is 0 Å². The molecule has 3 nitrogen and oxygen atoms in total. The number of hydrogen-bond acceptors (Lipinski definition) is 4. The van der Waals surface area contributed by atoms with E-state index in [1.165, 1.54) is 4.88 Å². The third-order valence-electron chi connectivity index (χ3n) is 4.39. The fourth-order valence-corrected chi connectivity index (χ4v) is 4.88. The van der Waals surface area contributed by atoms with Gasteiger partial charge in [-0.1, -0.05) is 18.2 Å². The first-order valence-electron chi connectivity index (χ1n) is 7.80. The van der Waals surface area contributed by atoms with E-state index in [4.69, 9.17) is 4.74 Å². The summed E-state index contributed by atoms with van der Waals surface area (Å²) in [4.78, 5) is 17.8. The smallest absolute Gasteiger partial charge is 0.264 e. The molecule has 1 unspecified atom stereocenters. The van der Waals surface area contributed by atoms with Gasteiger partial charge in [0.2, 0.25) is 0 Å². The molecule has 3 aromatic rings. The number of thiophene rings is 2. The number of carbonyl (C=O) groups excluding carboxylic acids is 1. The second kappa shape index (κ2) is 6.07. The molecule has 1 aliphatic rings. The maximum atomic E-state index is 12.9. The van der Waals surface area contributed by atoms with Crippen molar-refractivity contribution in [3.05, 3.63) is 63.2 Å². The lowest BCUT2D eigenvalue weighted by Crippen LogP contribution is -2.28. The Morgan fingerprint density at radius 3 is 2.88 bits per heavy atom. The van der Waals surface area contributed by atoms with E-state index in [9.17, 15) is 4.79 Å². The van der Waals surface area contributed by atoms with Crippen LogP contribution < -0.4 is 4.74 Å². The highest BCUT2D eigenvalue weighted by atomic mass is 32.1. The molecule has 122 valence electrons. The molecule has 1 atom stereocenters. The van der Waals surface area contributed by atoms with Gasteiger partial charge < -0.3 is 9.64 Å². The fraction of sp³-hybridized carbons (Fsp3) is 0.211. The Kier molecular flexibility index (Phi) is 3.90. The zero-order chi connectivity index (χ0) is 16.7. The molecule has 0 radical (unpaired) electrons. The maximum Gasteiger partial charge on any atom is 0.264 e. The van der Waals surface area contributed by atoms with Crippen LogP contribution in [0.4, 0.5) is 0 Å². The minimum Gasteiger partial charge on any atom is -0.488 e. The van der Waals surface area contributed by atoms with E-state index in [0.717, 1.165) is 26.6 Å². The lowest BCUT2D eigenvalue weighted by atomic mass is 10.1. The zero-order valence-corrected chi connectivity index (χ0v) is 15.1. The predicted molar refractivity (Wildman–Crippen MR) is 98.9 cm³/mol. The summed E-state index contributed by atoms with van der Waals surface area (Å²) >= 11 is 3.24. The Labute approximate surface area is 149 Å². The molecule has 4 rings (SSSR count). The van der Waals surface area contributed by atoms with Crippen molar-refractivity contribution in [2.24, 2.45) is 0 Å². The quantitative estimate of drug-likeness (QED) is 0.646. The summed E-state index contributed by atoms with van der Waals surface area (Å²) in [6.45, 7) is 2.59. The Bertz CT molecular complexity index is 883. The topological polar surface area (TPSA) is 29.5 Å². The summed E-state index contributed by atoms with van der Waals surface area (Å²) < 4.78 is 5.79. The molecule has 0 saturated heterocycles. The van der Waals surface area contributed by atoms with Gasteiger partial charge in [-0.15, -0.1) is 22.7 Å². The number of rotatable bonds is 3. The van der Waals surface area contributed by atoms with Crippen molar-refractivity contribution in [2.75, 3.05) is 7.05 Å². The monoisotopic (exact) mass is 355 g/mol. The average Bonchev–Trinajstić information content (AvgIpc) is 3.29. The second-order valence-electron chi connectivity index (χ2n) is 5.86. The summed E-state index contributed by atoms with van der Waals surface area (Å²) in [6, 6.07) is 14.1. The summed E-state index contributed by atoms with van der Waals surface area (Å²) in [7, 11) is 1.87. The third-order valence-corrected chi connectivity index (χ3v) is 6.63. The number of hydrogen-bond donors (Lipinski definition) is 0. The molecule has 0 aliphatic carbocycles. The molecule has 0 N–H and O–H groups in total. The Morgan fingerprint density at radius 1 is 1.25 bits per heavy atom. The number of ether oxygens (including phenoxy) is 1. The van der Waals surface area contributed by atoms with Gasteiger partial charge in [0.15, 0.2) is 0 Å². The van der Waals surface area contributed by atoms with Crippen LogP contribution >= 0.6 is 22.7 Å². The van der Waals surface area contributed by atoms with E-state index in [2.05, 4.69) is 19.1 Å². The highest BCUT2D eigenvalue weighted by molar-refractivity contribution is 7.17. The Balaban J connectivity index is 1.65. The van der Waals surface area contributed by atoms with Crippen molar-refractivity contribution < 1.29 is 9.53 Å². The molecule has 1 amide bonds. The van der Waals surface area contributed by atoms with Gasteiger partial charge in [0, 0.05) is 27.9 Å². The van der Waals surface area contributed by atoms with Crippen molar-refractivity contribution in [1.29, 1.82) is 0 Å². The summed E-state index contributed by atoms with van der Waals surface area (Å²) in [6.07, 6.45) is 0. The fourth-order valence-electron chi connectivity index (χ4n) is 2.87. The van der Waals surface area contributed by atoms with E-state index in [-0.39, 0.29) is 11.9 Å². The highest BCUT2D eigenvalue weighted by Crippen LogP contribution is 2.42. The molecule has 5 heteroatoms. The number of para-hydroxylation sites is 1. The van der Waals surface area contributed by atoms with Crippen LogP contribution in [0.3, 0.4) is 0 Å². The molecule has 0 saturated carbocycles. The van der Waals surface area contributed by atoms with Crippen LogP contribution in [-0.2, 0) is 6.61 Å². The van der Waals surface area contributed by atoms with Gasteiger partial charge in [-0.3, -0.25) is 4.79 Å². The molecule has 0 bridgehead atoms. The van der Waals surface area contributed by atoms with Crippen molar-refractivity contribution >= 4 is 28.6 Å². The van der Waals surface area contributed by atoms with Crippen molar-refractivity contribution in [3.63, 3.8) is 0 Å².